The van der Waals surface area contributed by atoms with Crippen LogP contribution in [0.1, 0.15) is 289 Å². The summed E-state index contributed by atoms with van der Waals surface area (Å²) in [5.74, 6) is 11.1. The Bertz CT molecular complexity index is 2170. The van der Waals surface area contributed by atoms with E-state index >= 15 is 0 Å². The number of aryl methyl sites for hydroxylation is 6. The average molecular weight is 1290 g/mol. The molecule has 0 aliphatic carbocycles. The van der Waals surface area contributed by atoms with Crippen LogP contribution in [-0.4, -0.2) is 69.4 Å². The summed E-state index contributed by atoms with van der Waals surface area (Å²) in [6.45, 7) is 67.6. The molecule has 9 aromatic heterocycles. The fourth-order valence-corrected chi connectivity index (χ4v) is 6.18. The molecule has 0 unspecified atom stereocenters. The topological polar surface area (TPSA) is 246 Å². The Balaban J connectivity index is -0.000000206. The predicted molar refractivity (Wildman–Crippen MR) is 368 cm³/mol. The lowest BCUT2D eigenvalue weighted by Crippen LogP contribution is -1.88. The van der Waals surface area contributed by atoms with Crippen LogP contribution in [-0.2, 0) is 0 Å². The van der Waals surface area contributed by atoms with Crippen LogP contribution < -0.4 is 0 Å². The van der Waals surface area contributed by atoms with Crippen LogP contribution in [0.3, 0.4) is 0 Å². The molecular weight excluding hydrogens is 1170 g/mol. The second-order valence-electron chi connectivity index (χ2n) is 21.3. The van der Waals surface area contributed by atoms with E-state index in [1.807, 2.05) is 128 Å². The molecule has 9 heterocycles. The minimum absolute atomic E-state index is 0.339. The maximum absolute atomic E-state index is 5.12. The van der Waals surface area contributed by atoms with Gasteiger partial charge in [0.2, 0.25) is 23.6 Å². The van der Waals surface area contributed by atoms with Gasteiger partial charge < -0.3 is 22.3 Å². The van der Waals surface area contributed by atoms with Gasteiger partial charge in [-0.1, -0.05) is 197 Å². The maximum atomic E-state index is 5.12. The third-order valence-corrected chi connectivity index (χ3v) is 10.8. The molecule has 23 heteroatoms. The minimum Gasteiger partial charge on any atom is -0.473 e. The fraction of sp³-hybridized carbons (Fsp3) is 0.656. The van der Waals surface area contributed by atoms with E-state index in [4.69, 9.17) is 13.5 Å². The Kier molecular flexibility index (Phi) is 65.7. The number of nitrogens with zero attached hydrogens (tertiary/aromatic N) is 14. The summed E-state index contributed by atoms with van der Waals surface area (Å²) < 4.78 is 32.0. The summed E-state index contributed by atoms with van der Waals surface area (Å²) in [7, 11) is 0. The number of rotatable bonds is 6. The van der Waals surface area contributed by atoms with Crippen molar-refractivity contribution >= 4 is 45.7 Å². The Labute approximate surface area is 543 Å². The Morgan fingerprint density at radius 2 is 0.931 bits per heavy atom. The van der Waals surface area contributed by atoms with Gasteiger partial charge in [0.1, 0.15) is 37.9 Å². The lowest BCUT2D eigenvalue weighted by atomic mass is 10.2. The van der Waals surface area contributed by atoms with Crippen LogP contribution in [0.4, 0.5) is 0 Å². The average Bonchev–Trinajstić information content (AvgIpc) is 4.36. The molecule has 9 rings (SSSR count). The van der Waals surface area contributed by atoms with E-state index in [1.165, 1.54) is 35.7 Å². The highest BCUT2D eigenvalue weighted by Gasteiger charge is 2.08. The normalized spacial score (nSPS) is 9.45. The van der Waals surface area contributed by atoms with Gasteiger partial charge in [-0.15, -0.1) is 43.1 Å². The smallest absolute Gasteiger partial charge is 0.229 e. The molecule has 0 atom stereocenters. The fourth-order valence-electron chi connectivity index (χ4n) is 3.86. The monoisotopic (exact) mass is 1290 g/mol. The zero-order chi connectivity index (χ0) is 68.5. The minimum atomic E-state index is 0.339. The van der Waals surface area contributed by atoms with Crippen molar-refractivity contribution in [1.29, 1.82) is 0 Å². The van der Waals surface area contributed by atoms with Gasteiger partial charge in [-0.25, -0.2) is 15.0 Å². The molecule has 19 nitrogen and oxygen atoms in total. The summed E-state index contributed by atoms with van der Waals surface area (Å²) in [4.78, 5) is 23.8. The number of hydrogen-bond acceptors (Lipinski definition) is 23. The number of thiazole rings is 1. The van der Waals surface area contributed by atoms with E-state index in [0.717, 1.165) is 55.3 Å². The molecule has 0 saturated heterocycles. The molecule has 0 amide bonds. The van der Waals surface area contributed by atoms with Crippen molar-refractivity contribution in [3.8, 4) is 0 Å². The van der Waals surface area contributed by atoms with Gasteiger partial charge in [0, 0.05) is 60.9 Å². The molecule has 0 aliphatic rings. The second kappa shape index (κ2) is 61.9. The maximum Gasteiger partial charge on any atom is 0.229 e. The Morgan fingerprint density at radius 3 is 1.10 bits per heavy atom. The van der Waals surface area contributed by atoms with Crippen LogP contribution in [0, 0.1) is 59.3 Å². The highest BCUT2D eigenvalue weighted by atomic mass is 32.1. The predicted octanol–water partition coefficient (Wildman–Crippen LogP) is 21.6. The van der Waals surface area contributed by atoms with E-state index in [2.05, 4.69) is 182 Å². The SMILES string of the molecule is CC.CC.CC.CC(C)C.CC(C)C.CC(C)C.Cc1nc(C(C)C)no1.Cc1nc(C(C)C)ns1.Cc1nnc(C(C)C)o1.Cc1nnc(C(C)C)s1.Cc1noc(C(C)C)n1.Cc1nsc(C(C)C)n1.c1ccoc1.c1cocn1.c1cscn1. The molecular formula is C64H118N14O5S4. The third-order valence-electron chi connectivity index (χ3n) is 7.38. The van der Waals surface area contributed by atoms with Crippen LogP contribution in [0.15, 0.2) is 82.9 Å². The summed E-state index contributed by atoms with van der Waals surface area (Å²) in [5.41, 5.74) is 1.79. The molecule has 0 aromatic carbocycles. The quantitative estimate of drug-likeness (QED) is 0.150. The number of aromatic nitrogens is 14. The molecule has 9 aromatic rings. The van der Waals surface area contributed by atoms with Gasteiger partial charge in [0.15, 0.2) is 18.0 Å². The van der Waals surface area contributed by atoms with Crippen molar-refractivity contribution in [2.24, 2.45) is 17.8 Å². The van der Waals surface area contributed by atoms with E-state index in [0.29, 0.717) is 64.9 Å². The van der Waals surface area contributed by atoms with E-state index in [-0.39, 0.29) is 0 Å². The van der Waals surface area contributed by atoms with E-state index in [9.17, 15) is 0 Å². The largest absolute Gasteiger partial charge is 0.473 e. The zero-order valence-electron chi connectivity index (χ0n) is 59.9. The van der Waals surface area contributed by atoms with Crippen LogP contribution in [0.2, 0.25) is 0 Å². The van der Waals surface area contributed by atoms with Gasteiger partial charge in [-0.2, -0.15) is 18.7 Å². The Hall–Kier alpha value is -5.78. The highest BCUT2D eigenvalue weighted by Crippen LogP contribution is 2.18. The lowest BCUT2D eigenvalue weighted by Gasteiger charge is -1.92. The van der Waals surface area contributed by atoms with Crippen LogP contribution in [0.25, 0.3) is 0 Å². The lowest BCUT2D eigenvalue weighted by molar-refractivity contribution is 0.362. The molecule has 0 fully saturated rings. The third kappa shape index (κ3) is 64.5. The molecule has 87 heavy (non-hydrogen) atoms. The van der Waals surface area contributed by atoms with Crippen molar-refractivity contribution in [3.05, 3.63) is 127 Å². The summed E-state index contributed by atoms with van der Waals surface area (Å²) in [6.07, 6.45) is 9.49. The number of hydrogen-bond donors (Lipinski definition) is 0. The van der Waals surface area contributed by atoms with Gasteiger partial charge in [-0.05, 0) is 80.6 Å². The summed E-state index contributed by atoms with van der Waals surface area (Å²) in [5, 5.41) is 29.1. The summed E-state index contributed by atoms with van der Waals surface area (Å²) in [6, 6.07) is 3.67. The molecule has 0 radical (unpaired) electrons. The van der Waals surface area contributed by atoms with Crippen LogP contribution >= 0.6 is 45.7 Å². The standard InChI is InChI=1S/3C6H10N2O.3C6H10N2S.C4H4O.3C4H10.C3H3NO.C3H3NS.3C2H6/c1-4(2)6-8-7-5(3)9-6;1-4(2)6-7-5(3)9-8-6;1-4(2)6-7-5(3)8-9-6;1-4(2)6-8-7-5(3)9-6;1-4(2)6-7-5(3)9-8-6;1-4(2)6-7-5(3)8-9-6;1-2-4-5-3-1;3*1-4(2)3;2*1-2-5-3-4-1;3*1-2/h6*4H,1-3H3;1-4H;3*4H,1-3H3;2*1-3H;3*1-2H3. The van der Waals surface area contributed by atoms with Crippen molar-refractivity contribution in [3.63, 3.8) is 0 Å². The molecule has 0 spiro atoms. The molecule has 0 bridgehead atoms. The number of furan rings is 1. The van der Waals surface area contributed by atoms with E-state index in [1.54, 1.807) is 67.0 Å². The van der Waals surface area contributed by atoms with Crippen molar-refractivity contribution < 1.29 is 22.3 Å². The van der Waals surface area contributed by atoms with E-state index < -0.39 is 0 Å². The van der Waals surface area contributed by atoms with Crippen LogP contribution in [0.5, 0.6) is 0 Å². The first-order valence-electron chi connectivity index (χ1n) is 30.3. The second-order valence-corrected chi connectivity index (χ2v) is 25.0. The first kappa shape index (κ1) is 92.4. The molecule has 0 N–H and O–H groups in total. The first-order chi connectivity index (χ1) is 40.9. The zero-order valence-corrected chi connectivity index (χ0v) is 63.2. The van der Waals surface area contributed by atoms with Gasteiger partial charge >= 0.3 is 0 Å². The first-order valence-corrected chi connectivity index (χ1v) is 33.6. The highest BCUT2D eigenvalue weighted by molar-refractivity contribution is 7.11. The van der Waals surface area contributed by atoms with Crippen molar-refractivity contribution in [2.45, 2.75) is 264 Å². The number of oxazole rings is 1. The van der Waals surface area contributed by atoms with Crippen molar-refractivity contribution in [2.75, 3.05) is 0 Å². The van der Waals surface area contributed by atoms with Gasteiger partial charge in [0.25, 0.3) is 0 Å². The Morgan fingerprint density at radius 1 is 0.402 bits per heavy atom. The van der Waals surface area contributed by atoms with Gasteiger partial charge in [-0.3, -0.25) is 4.98 Å². The van der Waals surface area contributed by atoms with Crippen molar-refractivity contribution in [1.82, 2.24) is 69.4 Å². The molecule has 0 saturated carbocycles. The summed E-state index contributed by atoms with van der Waals surface area (Å²) >= 11 is 6.24. The molecule has 498 valence electrons. The molecule has 0 aliphatic heterocycles. The van der Waals surface area contributed by atoms with Gasteiger partial charge in [0.05, 0.1) is 24.2 Å².